The maximum atomic E-state index is 12.1. The van der Waals surface area contributed by atoms with Gasteiger partial charge in [-0.05, 0) is 25.7 Å². The molecule has 1 heterocycles. The van der Waals surface area contributed by atoms with Gasteiger partial charge in [-0.25, -0.2) is 0 Å². The fourth-order valence-corrected chi connectivity index (χ4v) is 2.60. The summed E-state index contributed by atoms with van der Waals surface area (Å²) in [6.45, 7) is 0. The van der Waals surface area contributed by atoms with E-state index in [-0.39, 0.29) is 23.8 Å². The van der Waals surface area contributed by atoms with Crippen LogP contribution in [0.5, 0.6) is 0 Å². The summed E-state index contributed by atoms with van der Waals surface area (Å²) in [6.07, 6.45) is 2.83. The number of aliphatic hydroxyl groups excluding tert-OH is 1. The maximum Gasteiger partial charge on any atom is 0.290 e. The number of aliphatic hydroxyl groups is 1. The summed E-state index contributed by atoms with van der Waals surface area (Å²) in [5, 5.41) is 16.3. The van der Waals surface area contributed by atoms with Crippen molar-refractivity contribution in [3.8, 4) is 11.3 Å². The van der Waals surface area contributed by atoms with E-state index < -0.39 is 0 Å². The van der Waals surface area contributed by atoms with Crippen molar-refractivity contribution in [1.29, 1.82) is 0 Å². The minimum atomic E-state index is -0.244. The van der Waals surface area contributed by atoms with Crippen molar-refractivity contribution in [2.75, 3.05) is 0 Å². The number of aromatic nitrogens is 1. The number of benzene rings is 1. The molecule has 0 spiro atoms. The first kappa shape index (κ1) is 13.8. The number of nitrogens with zero attached hydrogens (tertiary/aromatic N) is 1. The Hall–Kier alpha value is -2.14. The van der Waals surface area contributed by atoms with E-state index in [2.05, 4.69) is 10.5 Å². The van der Waals surface area contributed by atoms with E-state index in [0.717, 1.165) is 31.2 Å². The highest BCUT2D eigenvalue weighted by Crippen LogP contribution is 2.21. The molecule has 0 unspecified atom stereocenters. The number of hydrogen-bond donors (Lipinski definition) is 2. The van der Waals surface area contributed by atoms with E-state index in [1.54, 1.807) is 6.07 Å². The first-order valence-corrected chi connectivity index (χ1v) is 7.23. The minimum Gasteiger partial charge on any atom is -0.393 e. The second kappa shape index (κ2) is 6.10. The van der Waals surface area contributed by atoms with Crippen LogP contribution in [-0.4, -0.2) is 28.3 Å². The second-order valence-corrected chi connectivity index (χ2v) is 5.42. The summed E-state index contributed by atoms with van der Waals surface area (Å²) in [5.74, 6) is -0.0222. The highest BCUT2D eigenvalue weighted by Gasteiger charge is 2.23. The van der Waals surface area contributed by atoms with Gasteiger partial charge in [0.25, 0.3) is 5.91 Å². The van der Waals surface area contributed by atoms with Gasteiger partial charge in [-0.2, -0.15) is 0 Å². The van der Waals surface area contributed by atoms with Crippen LogP contribution in [0.25, 0.3) is 11.3 Å². The smallest absolute Gasteiger partial charge is 0.290 e. The van der Waals surface area contributed by atoms with Crippen molar-refractivity contribution in [3.63, 3.8) is 0 Å². The number of hydrogen-bond acceptors (Lipinski definition) is 4. The van der Waals surface area contributed by atoms with Crippen molar-refractivity contribution >= 4 is 5.91 Å². The highest BCUT2D eigenvalue weighted by molar-refractivity contribution is 5.92. The number of carbonyl (C=O) groups excluding carboxylic acids is 1. The predicted molar refractivity (Wildman–Crippen MR) is 77.7 cm³/mol. The van der Waals surface area contributed by atoms with Crippen LogP contribution in [-0.2, 0) is 0 Å². The van der Waals surface area contributed by atoms with Gasteiger partial charge in [0.1, 0.15) is 5.69 Å². The molecule has 2 N–H and O–H groups in total. The van der Waals surface area contributed by atoms with Gasteiger partial charge in [-0.15, -0.1) is 0 Å². The van der Waals surface area contributed by atoms with Gasteiger partial charge in [-0.1, -0.05) is 35.5 Å². The molecular weight excluding hydrogens is 268 g/mol. The average Bonchev–Trinajstić information content (AvgIpc) is 3.00. The molecule has 0 bridgehead atoms. The van der Waals surface area contributed by atoms with Gasteiger partial charge in [0.05, 0.1) is 6.10 Å². The summed E-state index contributed by atoms with van der Waals surface area (Å²) >= 11 is 0. The minimum absolute atomic E-state index is 0.103. The maximum absolute atomic E-state index is 12.1. The number of amides is 1. The van der Waals surface area contributed by atoms with Crippen LogP contribution in [0.1, 0.15) is 36.2 Å². The molecule has 1 aliphatic carbocycles. The summed E-state index contributed by atoms with van der Waals surface area (Å²) in [6, 6.07) is 11.3. The Morgan fingerprint density at radius 2 is 1.90 bits per heavy atom. The van der Waals surface area contributed by atoms with Crippen LogP contribution in [0.3, 0.4) is 0 Å². The number of carbonyl (C=O) groups is 1. The predicted octanol–water partition coefficient (Wildman–Crippen LogP) is 2.37. The van der Waals surface area contributed by atoms with Crippen molar-refractivity contribution in [3.05, 3.63) is 42.2 Å². The molecule has 1 aromatic carbocycles. The third-order valence-corrected chi connectivity index (χ3v) is 3.84. The highest BCUT2D eigenvalue weighted by atomic mass is 16.5. The third kappa shape index (κ3) is 3.31. The van der Waals surface area contributed by atoms with Crippen molar-refractivity contribution < 1.29 is 14.4 Å². The quantitative estimate of drug-likeness (QED) is 0.908. The van der Waals surface area contributed by atoms with Crippen LogP contribution >= 0.6 is 0 Å². The first-order chi connectivity index (χ1) is 10.2. The van der Waals surface area contributed by atoms with E-state index >= 15 is 0 Å². The summed E-state index contributed by atoms with van der Waals surface area (Å²) in [4.78, 5) is 12.1. The van der Waals surface area contributed by atoms with E-state index in [1.807, 2.05) is 30.3 Å². The zero-order valence-electron chi connectivity index (χ0n) is 11.7. The Kier molecular flexibility index (Phi) is 4.01. The van der Waals surface area contributed by atoms with Crippen molar-refractivity contribution in [2.24, 2.45) is 0 Å². The lowest BCUT2D eigenvalue weighted by Crippen LogP contribution is -2.38. The Balaban J connectivity index is 1.64. The molecule has 1 saturated carbocycles. The first-order valence-electron chi connectivity index (χ1n) is 7.23. The molecule has 1 amide bonds. The monoisotopic (exact) mass is 286 g/mol. The Morgan fingerprint density at radius 1 is 1.19 bits per heavy atom. The summed E-state index contributed by atoms with van der Waals surface area (Å²) in [5.41, 5.74) is 1.57. The molecule has 1 fully saturated rings. The lowest BCUT2D eigenvalue weighted by atomic mass is 9.93. The molecule has 2 aromatic rings. The Morgan fingerprint density at radius 3 is 2.62 bits per heavy atom. The van der Waals surface area contributed by atoms with E-state index in [4.69, 9.17) is 4.52 Å². The third-order valence-electron chi connectivity index (χ3n) is 3.84. The standard InChI is InChI=1S/C16H18N2O3/c19-13-8-6-12(7-9-13)17-16(20)15-10-14(18-21-15)11-4-2-1-3-5-11/h1-5,10,12-13,19H,6-9H2,(H,17,20). The second-order valence-electron chi connectivity index (χ2n) is 5.42. The SMILES string of the molecule is O=C(NC1CCC(O)CC1)c1cc(-c2ccccc2)no1. The Bertz CT molecular complexity index is 601. The Labute approximate surface area is 123 Å². The molecular formula is C16H18N2O3. The van der Waals surface area contributed by atoms with Gasteiger partial charge in [0.15, 0.2) is 0 Å². The normalized spacial score (nSPS) is 22.0. The van der Waals surface area contributed by atoms with Crippen molar-refractivity contribution in [1.82, 2.24) is 10.5 Å². The molecule has 1 aliphatic rings. The molecule has 5 nitrogen and oxygen atoms in total. The van der Waals surface area contributed by atoms with Crippen LogP contribution in [0.4, 0.5) is 0 Å². The van der Waals surface area contributed by atoms with Gasteiger partial charge in [-0.3, -0.25) is 4.79 Å². The lowest BCUT2D eigenvalue weighted by Gasteiger charge is -2.25. The average molecular weight is 286 g/mol. The van der Waals surface area contributed by atoms with Gasteiger partial charge >= 0.3 is 0 Å². The largest absolute Gasteiger partial charge is 0.393 e. The molecule has 0 aliphatic heterocycles. The van der Waals surface area contributed by atoms with Crippen LogP contribution < -0.4 is 5.32 Å². The summed E-state index contributed by atoms with van der Waals surface area (Å²) in [7, 11) is 0. The fraction of sp³-hybridized carbons (Fsp3) is 0.375. The number of rotatable bonds is 3. The van der Waals surface area contributed by atoms with Crippen LogP contribution in [0.2, 0.25) is 0 Å². The van der Waals surface area contributed by atoms with Crippen molar-refractivity contribution in [2.45, 2.75) is 37.8 Å². The molecule has 3 rings (SSSR count). The molecule has 21 heavy (non-hydrogen) atoms. The van der Waals surface area contributed by atoms with Crippen LogP contribution in [0.15, 0.2) is 40.9 Å². The topological polar surface area (TPSA) is 75.4 Å². The molecule has 5 heteroatoms. The molecule has 110 valence electrons. The molecule has 0 saturated heterocycles. The molecule has 0 atom stereocenters. The molecule has 0 radical (unpaired) electrons. The van der Waals surface area contributed by atoms with E-state index in [1.165, 1.54) is 0 Å². The van der Waals surface area contributed by atoms with Crippen LogP contribution in [0, 0.1) is 0 Å². The fourth-order valence-electron chi connectivity index (χ4n) is 2.60. The summed E-state index contributed by atoms with van der Waals surface area (Å²) < 4.78 is 5.13. The number of nitrogens with one attached hydrogen (secondary N) is 1. The lowest BCUT2D eigenvalue weighted by molar-refractivity contribution is 0.0835. The van der Waals surface area contributed by atoms with E-state index in [0.29, 0.717) is 5.69 Å². The van der Waals surface area contributed by atoms with E-state index in [9.17, 15) is 9.90 Å². The zero-order chi connectivity index (χ0) is 14.7. The van der Waals surface area contributed by atoms with Gasteiger partial charge < -0.3 is 14.9 Å². The van der Waals surface area contributed by atoms with Gasteiger partial charge in [0.2, 0.25) is 5.76 Å². The zero-order valence-corrected chi connectivity index (χ0v) is 11.7. The molecule has 1 aromatic heterocycles. The van der Waals surface area contributed by atoms with Gasteiger partial charge in [0, 0.05) is 17.7 Å².